The van der Waals surface area contributed by atoms with Crippen LogP contribution in [0.2, 0.25) is 0 Å². The number of nitrogen functional groups attached to an aromatic ring is 1. The zero-order chi connectivity index (χ0) is 14.9. The van der Waals surface area contributed by atoms with Crippen LogP contribution in [0, 0.1) is 11.6 Å². The quantitative estimate of drug-likeness (QED) is 0.810. The van der Waals surface area contributed by atoms with Crippen LogP contribution in [0.3, 0.4) is 0 Å². The topological polar surface area (TPSA) is 98.0 Å². The van der Waals surface area contributed by atoms with Crippen LogP contribution in [0.15, 0.2) is 33.9 Å². The van der Waals surface area contributed by atoms with Crippen molar-refractivity contribution in [2.45, 2.75) is 4.90 Å². The highest BCUT2D eigenvalue weighted by Crippen LogP contribution is 2.25. The monoisotopic (exact) mass is 364 g/mol. The molecule has 0 atom stereocenters. The van der Waals surface area contributed by atoms with Crippen LogP contribution in [-0.4, -0.2) is 18.4 Å². The number of aromatic nitrogens is 2. The second-order valence-electron chi connectivity index (χ2n) is 3.63. The molecule has 0 bridgehead atoms. The summed E-state index contributed by atoms with van der Waals surface area (Å²) in [7, 11) is -4.13. The molecule has 6 nitrogen and oxygen atoms in total. The fraction of sp³-hybridized carbons (Fsp3) is 0. The second kappa shape index (κ2) is 5.29. The highest BCUT2D eigenvalue weighted by Gasteiger charge is 2.18. The molecule has 0 unspecified atom stereocenters. The summed E-state index contributed by atoms with van der Waals surface area (Å²) in [6, 6.07) is 1.53. The van der Waals surface area contributed by atoms with Crippen LogP contribution >= 0.6 is 15.9 Å². The lowest BCUT2D eigenvalue weighted by molar-refractivity contribution is 0.591. The number of hydrogen-bond acceptors (Lipinski definition) is 5. The molecule has 0 spiro atoms. The van der Waals surface area contributed by atoms with Gasteiger partial charge in [0.2, 0.25) is 5.95 Å². The number of nitrogens with two attached hydrogens (primary N) is 1. The molecule has 2 rings (SSSR count). The van der Waals surface area contributed by atoms with E-state index in [1.165, 1.54) is 0 Å². The lowest BCUT2D eigenvalue weighted by Crippen LogP contribution is -2.15. The highest BCUT2D eigenvalue weighted by atomic mass is 79.9. The summed E-state index contributed by atoms with van der Waals surface area (Å²) in [5, 5.41) is 0. The molecule has 10 heteroatoms. The molecule has 1 aromatic heterocycles. The fourth-order valence-electron chi connectivity index (χ4n) is 1.27. The summed E-state index contributed by atoms with van der Waals surface area (Å²) in [6.07, 6.45) is 1.91. The summed E-state index contributed by atoms with van der Waals surface area (Å²) in [6.45, 7) is 0. The molecule has 0 fully saturated rings. The first-order valence-corrected chi connectivity index (χ1v) is 7.32. The maximum atomic E-state index is 13.6. The minimum Gasteiger partial charge on any atom is -0.368 e. The molecule has 0 aliphatic rings. The number of anilines is 2. The number of hydrogen-bond donors (Lipinski definition) is 2. The lowest BCUT2D eigenvalue weighted by atomic mass is 10.3. The van der Waals surface area contributed by atoms with E-state index in [1.807, 2.05) is 4.72 Å². The van der Waals surface area contributed by atoms with Gasteiger partial charge in [-0.25, -0.2) is 27.2 Å². The van der Waals surface area contributed by atoms with Gasteiger partial charge in [0.05, 0.1) is 22.6 Å². The van der Waals surface area contributed by atoms with Gasteiger partial charge in [0.1, 0.15) is 16.5 Å². The molecule has 0 aliphatic heterocycles. The fourth-order valence-corrected chi connectivity index (χ4v) is 2.53. The SMILES string of the molecule is Nc1ncc(S(=O)(=O)Nc2cc(F)c(Br)cc2F)cn1. The molecule has 0 aliphatic carbocycles. The van der Waals surface area contributed by atoms with Gasteiger partial charge in [0.25, 0.3) is 10.0 Å². The van der Waals surface area contributed by atoms with Crippen molar-refractivity contribution < 1.29 is 17.2 Å². The minimum absolute atomic E-state index is 0.107. The highest BCUT2D eigenvalue weighted by molar-refractivity contribution is 9.10. The van der Waals surface area contributed by atoms with E-state index in [0.717, 1.165) is 24.5 Å². The average Bonchev–Trinajstić information content (AvgIpc) is 2.36. The maximum Gasteiger partial charge on any atom is 0.265 e. The Hall–Kier alpha value is -1.81. The van der Waals surface area contributed by atoms with Crippen LogP contribution in [-0.2, 0) is 10.0 Å². The molecule has 0 amide bonds. The molecule has 1 heterocycles. The number of nitrogens with zero attached hydrogens (tertiary/aromatic N) is 2. The van der Waals surface area contributed by atoms with Gasteiger partial charge in [0.15, 0.2) is 0 Å². The number of benzene rings is 1. The van der Waals surface area contributed by atoms with Crippen molar-refractivity contribution in [1.29, 1.82) is 0 Å². The molecular formula is C10H7BrF2N4O2S. The van der Waals surface area contributed by atoms with Crippen molar-refractivity contribution in [3.05, 3.63) is 40.6 Å². The van der Waals surface area contributed by atoms with Crippen molar-refractivity contribution in [1.82, 2.24) is 9.97 Å². The van der Waals surface area contributed by atoms with Crippen molar-refractivity contribution >= 4 is 37.6 Å². The second-order valence-corrected chi connectivity index (χ2v) is 6.17. The van der Waals surface area contributed by atoms with E-state index in [0.29, 0.717) is 0 Å². The van der Waals surface area contributed by atoms with Crippen molar-refractivity contribution in [2.75, 3.05) is 10.5 Å². The zero-order valence-electron chi connectivity index (χ0n) is 9.64. The predicted molar refractivity (Wildman–Crippen MR) is 71.3 cm³/mol. The van der Waals surface area contributed by atoms with Crippen LogP contribution in [0.1, 0.15) is 0 Å². The molecule has 0 saturated carbocycles. The molecule has 20 heavy (non-hydrogen) atoms. The Morgan fingerprint density at radius 1 is 1.15 bits per heavy atom. The van der Waals surface area contributed by atoms with Gasteiger partial charge in [0, 0.05) is 6.07 Å². The molecule has 3 N–H and O–H groups in total. The Balaban J connectivity index is 2.38. The molecule has 106 valence electrons. The molecular weight excluding hydrogens is 358 g/mol. The molecule has 2 aromatic rings. The van der Waals surface area contributed by atoms with Gasteiger partial charge in [-0.1, -0.05) is 0 Å². The van der Waals surface area contributed by atoms with Crippen molar-refractivity contribution in [3.63, 3.8) is 0 Å². The van der Waals surface area contributed by atoms with E-state index in [9.17, 15) is 17.2 Å². The minimum atomic E-state index is -4.13. The number of sulfonamides is 1. The zero-order valence-corrected chi connectivity index (χ0v) is 12.0. The van der Waals surface area contributed by atoms with Gasteiger partial charge in [-0.15, -0.1) is 0 Å². The third-order valence-corrected chi connectivity index (χ3v) is 4.14. The molecule has 1 aromatic carbocycles. The van der Waals surface area contributed by atoms with Crippen LogP contribution in [0.5, 0.6) is 0 Å². The lowest BCUT2D eigenvalue weighted by Gasteiger charge is -2.09. The van der Waals surface area contributed by atoms with Crippen LogP contribution in [0.25, 0.3) is 0 Å². The van der Waals surface area contributed by atoms with E-state index < -0.39 is 27.3 Å². The van der Waals surface area contributed by atoms with Gasteiger partial charge >= 0.3 is 0 Å². The number of nitrogens with one attached hydrogen (secondary N) is 1. The molecule has 0 radical (unpaired) electrons. The Morgan fingerprint density at radius 2 is 1.75 bits per heavy atom. The van der Waals surface area contributed by atoms with Crippen molar-refractivity contribution in [2.24, 2.45) is 0 Å². The first-order chi connectivity index (χ1) is 9.29. The van der Waals surface area contributed by atoms with Crippen molar-refractivity contribution in [3.8, 4) is 0 Å². The largest absolute Gasteiger partial charge is 0.368 e. The van der Waals surface area contributed by atoms with E-state index in [-0.39, 0.29) is 15.3 Å². The van der Waals surface area contributed by atoms with Gasteiger partial charge < -0.3 is 5.73 Å². The van der Waals surface area contributed by atoms with E-state index in [1.54, 1.807) is 0 Å². The molecule has 0 saturated heterocycles. The maximum absolute atomic E-state index is 13.6. The van der Waals surface area contributed by atoms with E-state index >= 15 is 0 Å². The summed E-state index contributed by atoms with van der Waals surface area (Å²) >= 11 is 2.79. The third-order valence-electron chi connectivity index (χ3n) is 2.21. The van der Waals surface area contributed by atoms with Crippen LogP contribution < -0.4 is 10.5 Å². The Labute approximate surface area is 121 Å². The summed E-state index contributed by atoms with van der Waals surface area (Å²) < 4.78 is 52.5. The Kier molecular flexibility index (Phi) is 3.86. The predicted octanol–water partition coefficient (Wildman–Crippen LogP) is 1.90. The summed E-state index contributed by atoms with van der Waals surface area (Å²) in [5.41, 5.74) is 4.71. The Morgan fingerprint density at radius 3 is 2.35 bits per heavy atom. The summed E-state index contributed by atoms with van der Waals surface area (Å²) in [5.74, 6) is -1.85. The Bertz CT molecular complexity index is 753. The van der Waals surface area contributed by atoms with Gasteiger partial charge in [-0.2, -0.15) is 0 Å². The van der Waals surface area contributed by atoms with E-state index in [4.69, 9.17) is 5.73 Å². The van der Waals surface area contributed by atoms with Gasteiger partial charge in [-0.3, -0.25) is 4.72 Å². The third kappa shape index (κ3) is 3.02. The first kappa shape index (κ1) is 14.6. The van der Waals surface area contributed by atoms with Gasteiger partial charge in [-0.05, 0) is 22.0 Å². The van der Waals surface area contributed by atoms with E-state index in [2.05, 4.69) is 25.9 Å². The van der Waals surface area contributed by atoms with Crippen LogP contribution in [0.4, 0.5) is 20.4 Å². The first-order valence-electron chi connectivity index (χ1n) is 5.04. The summed E-state index contributed by atoms with van der Waals surface area (Å²) in [4.78, 5) is 6.70. The standard InChI is InChI=1S/C10H7BrF2N4O2S/c11-6-1-8(13)9(2-7(6)12)17-20(18,19)5-3-15-10(14)16-4-5/h1-4,17H,(H2,14,15,16). The smallest absolute Gasteiger partial charge is 0.265 e. The number of rotatable bonds is 3. The normalized spacial score (nSPS) is 11.3. The number of halogens is 3. The average molecular weight is 365 g/mol.